The summed E-state index contributed by atoms with van der Waals surface area (Å²) >= 11 is 0. The fourth-order valence-electron chi connectivity index (χ4n) is 3.05. The van der Waals surface area contributed by atoms with Crippen LogP contribution in [0.2, 0.25) is 0 Å². The van der Waals surface area contributed by atoms with E-state index in [0.717, 1.165) is 31.2 Å². The van der Waals surface area contributed by atoms with Crippen molar-refractivity contribution in [3.63, 3.8) is 0 Å². The summed E-state index contributed by atoms with van der Waals surface area (Å²) < 4.78 is 6.45. The Morgan fingerprint density at radius 1 is 1.29 bits per heavy atom. The standard InChI is InChI=1S/C18H21N3O3/c1-12-7-3-6-10-14(12)21-16(22)11-15(24-2)17(20-21)18(23)19-13-8-4-5-9-13/h3,6-7,10-11,13H,4-5,8-9H2,1-2H3,(H,19,23). The number of methoxy groups -OCH3 is 1. The van der Waals surface area contributed by atoms with Gasteiger partial charge in [-0.3, -0.25) is 9.59 Å². The molecule has 24 heavy (non-hydrogen) atoms. The van der Waals surface area contributed by atoms with Gasteiger partial charge in [0.25, 0.3) is 11.5 Å². The fraction of sp³-hybridized carbons (Fsp3) is 0.389. The van der Waals surface area contributed by atoms with Crippen LogP contribution in [0.25, 0.3) is 5.69 Å². The van der Waals surface area contributed by atoms with Gasteiger partial charge in [0.05, 0.1) is 18.9 Å². The molecule has 1 fully saturated rings. The van der Waals surface area contributed by atoms with E-state index in [1.807, 2.05) is 25.1 Å². The zero-order valence-corrected chi connectivity index (χ0v) is 13.9. The van der Waals surface area contributed by atoms with Crippen LogP contribution < -0.4 is 15.6 Å². The highest BCUT2D eigenvalue weighted by atomic mass is 16.5. The quantitative estimate of drug-likeness (QED) is 0.934. The van der Waals surface area contributed by atoms with Crippen LogP contribution in [0.4, 0.5) is 0 Å². The Balaban J connectivity index is 2.01. The summed E-state index contributed by atoms with van der Waals surface area (Å²) in [5, 5.41) is 7.27. The molecule has 1 aromatic heterocycles. The van der Waals surface area contributed by atoms with Crippen molar-refractivity contribution in [1.82, 2.24) is 15.1 Å². The van der Waals surface area contributed by atoms with Gasteiger partial charge >= 0.3 is 0 Å². The second-order valence-electron chi connectivity index (χ2n) is 6.05. The molecule has 1 saturated carbocycles. The van der Waals surface area contributed by atoms with Gasteiger partial charge in [0.2, 0.25) is 0 Å². The SMILES string of the molecule is COc1cc(=O)n(-c2ccccc2C)nc1C(=O)NC1CCCC1. The van der Waals surface area contributed by atoms with Crippen LogP contribution in [-0.2, 0) is 0 Å². The predicted octanol–water partition coefficient (Wildman–Crippen LogP) is 2.22. The van der Waals surface area contributed by atoms with Gasteiger partial charge in [0, 0.05) is 6.04 Å². The molecule has 0 spiro atoms. The monoisotopic (exact) mass is 327 g/mol. The van der Waals surface area contributed by atoms with E-state index < -0.39 is 0 Å². The Bertz CT molecular complexity index is 807. The maximum atomic E-state index is 12.6. The van der Waals surface area contributed by atoms with Crippen molar-refractivity contribution in [1.29, 1.82) is 0 Å². The number of para-hydroxylation sites is 1. The van der Waals surface area contributed by atoms with Crippen LogP contribution in [0.1, 0.15) is 41.7 Å². The molecule has 0 radical (unpaired) electrons. The summed E-state index contributed by atoms with van der Waals surface area (Å²) in [6.07, 6.45) is 4.20. The molecular weight excluding hydrogens is 306 g/mol. The molecule has 1 heterocycles. The van der Waals surface area contributed by atoms with Crippen molar-refractivity contribution in [3.05, 3.63) is 51.9 Å². The second kappa shape index (κ2) is 6.86. The number of nitrogens with zero attached hydrogens (tertiary/aromatic N) is 2. The number of carbonyl (C=O) groups is 1. The average Bonchev–Trinajstić information content (AvgIpc) is 3.08. The van der Waals surface area contributed by atoms with Gasteiger partial charge in [-0.15, -0.1) is 0 Å². The molecule has 0 saturated heterocycles. The van der Waals surface area contributed by atoms with E-state index in [0.29, 0.717) is 5.69 Å². The topological polar surface area (TPSA) is 73.2 Å². The summed E-state index contributed by atoms with van der Waals surface area (Å²) in [5.41, 5.74) is 1.35. The lowest BCUT2D eigenvalue weighted by atomic mass is 10.2. The first kappa shape index (κ1) is 16.2. The summed E-state index contributed by atoms with van der Waals surface area (Å²) in [6, 6.07) is 8.90. The zero-order chi connectivity index (χ0) is 17.1. The van der Waals surface area contributed by atoms with Crippen molar-refractivity contribution in [2.24, 2.45) is 0 Å². The third-order valence-electron chi connectivity index (χ3n) is 4.37. The smallest absolute Gasteiger partial charge is 0.275 e. The Labute approximate surface area is 140 Å². The van der Waals surface area contributed by atoms with Crippen molar-refractivity contribution in [2.75, 3.05) is 7.11 Å². The lowest BCUT2D eigenvalue weighted by molar-refractivity contribution is 0.0927. The maximum Gasteiger partial charge on any atom is 0.275 e. The molecule has 1 aliphatic carbocycles. The highest BCUT2D eigenvalue weighted by molar-refractivity contribution is 5.95. The van der Waals surface area contributed by atoms with Gasteiger partial charge in [-0.1, -0.05) is 31.0 Å². The van der Waals surface area contributed by atoms with Gasteiger partial charge < -0.3 is 10.1 Å². The van der Waals surface area contributed by atoms with E-state index in [2.05, 4.69) is 10.4 Å². The van der Waals surface area contributed by atoms with E-state index >= 15 is 0 Å². The lowest BCUT2D eigenvalue weighted by Gasteiger charge is -2.15. The van der Waals surface area contributed by atoms with Crippen LogP contribution in [0.15, 0.2) is 35.1 Å². The number of benzene rings is 1. The number of rotatable bonds is 4. The molecule has 1 N–H and O–H groups in total. The van der Waals surface area contributed by atoms with Gasteiger partial charge in [-0.05, 0) is 31.4 Å². The molecule has 1 amide bonds. The first-order chi connectivity index (χ1) is 11.6. The van der Waals surface area contributed by atoms with Crippen LogP contribution in [0.5, 0.6) is 5.75 Å². The maximum absolute atomic E-state index is 12.6. The van der Waals surface area contributed by atoms with Gasteiger partial charge in [-0.2, -0.15) is 9.78 Å². The highest BCUT2D eigenvalue weighted by Crippen LogP contribution is 2.20. The molecule has 0 unspecified atom stereocenters. The summed E-state index contributed by atoms with van der Waals surface area (Å²) in [4.78, 5) is 25.0. The van der Waals surface area contributed by atoms with E-state index in [9.17, 15) is 9.59 Å². The predicted molar refractivity (Wildman–Crippen MR) is 90.8 cm³/mol. The number of hydrogen-bond acceptors (Lipinski definition) is 4. The number of hydrogen-bond donors (Lipinski definition) is 1. The molecule has 0 atom stereocenters. The van der Waals surface area contributed by atoms with E-state index in [1.54, 1.807) is 6.07 Å². The second-order valence-corrected chi connectivity index (χ2v) is 6.05. The van der Waals surface area contributed by atoms with Gasteiger partial charge in [0.1, 0.15) is 0 Å². The number of amides is 1. The normalized spacial score (nSPS) is 14.6. The minimum atomic E-state index is -0.335. The third kappa shape index (κ3) is 3.18. The Hall–Kier alpha value is -2.63. The van der Waals surface area contributed by atoms with Crippen LogP contribution in [0, 0.1) is 6.92 Å². The number of carbonyl (C=O) groups excluding carboxylic acids is 1. The molecule has 0 aliphatic heterocycles. The lowest BCUT2D eigenvalue weighted by Crippen LogP contribution is -2.35. The molecular formula is C18H21N3O3. The number of ether oxygens (including phenoxy) is 1. The fourth-order valence-corrected chi connectivity index (χ4v) is 3.05. The highest BCUT2D eigenvalue weighted by Gasteiger charge is 2.23. The zero-order valence-electron chi connectivity index (χ0n) is 13.9. The Morgan fingerprint density at radius 3 is 2.67 bits per heavy atom. The number of nitrogens with one attached hydrogen (secondary N) is 1. The van der Waals surface area contributed by atoms with E-state index in [-0.39, 0.29) is 29.0 Å². The van der Waals surface area contributed by atoms with Crippen molar-refractivity contribution in [3.8, 4) is 11.4 Å². The largest absolute Gasteiger partial charge is 0.494 e. The molecule has 1 aromatic carbocycles. The summed E-state index contributed by atoms with van der Waals surface area (Å²) in [5.74, 6) is -0.110. The van der Waals surface area contributed by atoms with E-state index in [4.69, 9.17) is 4.74 Å². The summed E-state index contributed by atoms with van der Waals surface area (Å²) in [6.45, 7) is 1.89. The minimum Gasteiger partial charge on any atom is -0.494 e. The van der Waals surface area contributed by atoms with E-state index in [1.165, 1.54) is 17.9 Å². The van der Waals surface area contributed by atoms with Crippen molar-refractivity contribution < 1.29 is 9.53 Å². The van der Waals surface area contributed by atoms with Gasteiger partial charge in [0.15, 0.2) is 11.4 Å². The minimum absolute atomic E-state index is 0.132. The first-order valence-corrected chi connectivity index (χ1v) is 8.15. The average molecular weight is 327 g/mol. The van der Waals surface area contributed by atoms with Crippen LogP contribution >= 0.6 is 0 Å². The first-order valence-electron chi connectivity index (χ1n) is 8.15. The third-order valence-corrected chi connectivity index (χ3v) is 4.37. The Morgan fingerprint density at radius 2 is 2.00 bits per heavy atom. The number of aromatic nitrogens is 2. The number of aryl methyl sites for hydroxylation is 1. The Kier molecular flexibility index (Phi) is 4.64. The molecule has 2 aromatic rings. The molecule has 3 rings (SSSR count). The van der Waals surface area contributed by atoms with Crippen LogP contribution in [0.3, 0.4) is 0 Å². The summed E-state index contributed by atoms with van der Waals surface area (Å²) in [7, 11) is 1.43. The molecule has 0 bridgehead atoms. The molecule has 1 aliphatic rings. The van der Waals surface area contributed by atoms with Crippen molar-refractivity contribution >= 4 is 5.91 Å². The van der Waals surface area contributed by atoms with Crippen molar-refractivity contribution in [2.45, 2.75) is 38.6 Å². The molecule has 6 heteroatoms. The molecule has 6 nitrogen and oxygen atoms in total. The van der Waals surface area contributed by atoms with Crippen LogP contribution in [-0.4, -0.2) is 28.8 Å². The van der Waals surface area contributed by atoms with Gasteiger partial charge in [-0.25, -0.2) is 0 Å². The molecule has 126 valence electrons.